The van der Waals surface area contributed by atoms with E-state index < -0.39 is 0 Å². The summed E-state index contributed by atoms with van der Waals surface area (Å²) in [4.78, 5) is 24.2. The van der Waals surface area contributed by atoms with Crippen molar-refractivity contribution in [3.05, 3.63) is 78.1 Å². The molecule has 0 saturated heterocycles. The second-order valence-corrected chi connectivity index (χ2v) is 4.97. The summed E-state index contributed by atoms with van der Waals surface area (Å²) < 4.78 is 13.1. The highest BCUT2D eigenvalue weighted by Crippen LogP contribution is 2.13. The van der Waals surface area contributed by atoms with Crippen LogP contribution < -0.4 is 10.6 Å². The van der Waals surface area contributed by atoms with Crippen LogP contribution in [0.1, 0.15) is 15.9 Å². The van der Waals surface area contributed by atoms with E-state index in [1.54, 1.807) is 30.6 Å². The number of nitrogens with one attached hydrogen (secondary N) is 2. The quantitative estimate of drug-likeness (QED) is 0.754. The molecule has 0 bridgehead atoms. The molecule has 0 radical (unpaired) electrons. The highest BCUT2D eigenvalue weighted by atomic mass is 19.1. The number of anilines is 2. The zero-order valence-electron chi connectivity index (χ0n) is 12.6. The molecular weight excluding hydrogens is 309 g/mol. The van der Waals surface area contributed by atoms with Crippen LogP contribution in [0.25, 0.3) is 0 Å². The third-order valence-electron chi connectivity index (χ3n) is 3.17. The maximum atomic E-state index is 13.1. The Morgan fingerprint density at radius 3 is 2.62 bits per heavy atom. The summed E-state index contributed by atoms with van der Waals surface area (Å²) in [6.45, 7) is 0.371. The molecule has 3 rings (SSSR count). The number of carbonyl (C=O) groups excluding carboxylic acids is 1. The predicted octanol–water partition coefficient (Wildman–Crippen LogP) is 2.68. The summed E-state index contributed by atoms with van der Waals surface area (Å²) in [5.74, 6) is -0.355. The van der Waals surface area contributed by atoms with Crippen LogP contribution >= 0.6 is 0 Å². The van der Waals surface area contributed by atoms with Gasteiger partial charge in [-0.05, 0) is 29.8 Å². The number of benzene rings is 1. The molecule has 0 saturated carbocycles. The lowest BCUT2D eigenvalue weighted by atomic mass is 10.2. The van der Waals surface area contributed by atoms with Gasteiger partial charge in [0.2, 0.25) is 5.95 Å². The topological polar surface area (TPSA) is 79.8 Å². The van der Waals surface area contributed by atoms with E-state index in [0.717, 1.165) is 5.56 Å². The Bertz CT molecular complexity index is 824. The van der Waals surface area contributed by atoms with Gasteiger partial charge in [0.25, 0.3) is 5.91 Å². The summed E-state index contributed by atoms with van der Waals surface area (Å²) in [6.07, 6.45) is 6.17. The third kappa shape index (κ3) is 4.10. The average molecular weight is 323 g/mol. The van der Waals surface area contributed by atoms with Gasteiger partial charge < -0.3 is 10.6 Å². The van der Waals surface area contributed by atoms with Gasteiger partial charge in [-0.25, -0.2) is 14.4 Å². The summed E-state index contributed by atoms with van der Waals surface area (Å²) in [7, 11) is 0. The summed E-state index contributed by atoms with van der Waals surface area (Å²) >= 11 is 0. The van der Waals surface area contributed by atoms with Crippen molar-refractivity contribution in [3.8, 4) is 0 Å². The molecule has 1 aromatic carbocycles. The van der Waals surface area contributed by atoms with Crippen LogP contribution in [0.2, 0.25) is 0 Å². The van der Waals surface area contributed by atoms with Crippen LogP contribution in [0.4, 0.5) is 16.0 Å². The molecule has 2 heterocycles. The summed E-state index contributed by atoms with van der Waals surface area (Å²) in [6, 6.07) is 9.63. The second kappa shape index (κ2) is 7.28. The maximum Gasteiger partial charge on any atom is 0.254 e. The van der Waals surface area contributed by atoms with Gasteiger partial charge in [0.15, 0.2) is 0 Å². The first kappa shape index (κ1) is 15.5. The number of carbonyl (C=O) groups is 1. The fourth-order valence-electron chi connectivity index (χ4n) is 1.99. The van der Waals surface area contributed by atoms with Gasteiger partial charge in [-0.15, -0.1) is 0 Å². The lowest BCUT2D eigenvalue weighted by molar-refractivity contribution is 0.0950. The molecule has 120 valence electrons. The molecule has 24 heavy (non-hydrogen) atoms. The van der Waals surface area contributed by atoms with Gasteiger partial charge in [0.1, 0.15) is 5.82 Å². The number of rotatable bonds is 5. The van der Waals surface area contributed by atoms with Gasteiger partial charge in [-0.3, -0.25) is 9.78 Å². The number of aromatic nitrogens is 3. The fraction of sp³-hybridized carbons (Fsp3) is 0.0588. The Morgan fingerprint density at radius 1 is 1.08 bits per heavy atom. The van der Waals surface area contributed by atoms with Crippen LogP contribution in [0.15, 0.2) is 61.2 Å². The van der Waals surface area contributed by atoms with E-state index in [-0.39, 0.29) is 17.7 Å². The number of hydrogen-bond donors (Lipinski definition) is 2. The molecule has 0 spiro atoms. The molecule has 0 aliphatic heterocycles. The Morgan fingerprint density at radius 2 is 1.92 bits per heavy atom. The van der Waals surface area contributed by atoms with E-state index in [1.165, 1.54) is 24.5 Å². The number of amides is 1. The van der Waals surface area contributed by atoms with Gasteiger partial charge in [-0.2, -0.15) is 0 Å². The highest BCUT2D eigenvalue weighted by Gasteiger charge is 2.07. The van der Waals surface area contributed by atoms with E-state index in [0.29, 0.717) is 17.8 Å². The minimum absolute atomic E-state index is 0.281. The first-order valence-electron chi connectivity index (χ1n) is 7.22. The molecule has 7 heteroatoms. The van der Waals surface area contributed by atoms with E-state index in [4.69, 9.17) is 0 Å². The molecule has 6 nitrogen and oxygen atoms in total. The largest absolute Gasteiger partial charge is 0.348 e. The second-order valence-electron chi connectivity index (χ2n) is 4.97. The average Bonchev–Trinajstić information content (AvgIpc) is 2.61. The van der Waals surface area contributed by atoms with Gasteiger partial charge in [0, 0.05) is 37.0 Å². The molecule has 0 aliphatic carbocycles. The SMILES string of the molecule is O=C(NCc1cccnc1)c1cnc(Nc2cccc(F)c2)nc1. The van der Waals surface area contributed by atoms with Crippen molar-refractivity contribution in [2.45, 2.75) is 6.54 Å². The highest BCUT2D eigenvalue weighted by molar-refractivity contribution is 5.93. The van der Waals surface area contributed by atoms with E-state index >= 15 is 0 Å². The fourth-order valence-corrected chi connectivity index (χ4v) is 1.99. The molecule has 0 fully saturated rings. The van der Waals surface area contributed by atoms with Crippen molar-refractivity contribution in [1.82, 2.24) is 20.3 Å². The molecule has 1 amide bonds. The number of pyridine rings is 1. The lowest BCUT2D eigenvalue weighted by Crippen LogP contribution is -2.23. The van der Waals surface area contributed by atoms with E-state index in [1.807, 2.05) is 6.07 Å². The normalized spacial score (nSPS) is 10.2. The zero-order chi connectivity index (χ0) is 16.8. The lowest BCUT2D eigenvalue weighted by Gasteiger charge is -2.07. The molecule has 2 aromatic heterocycles. The number of halogens is 1. The van der Waals surface area contributed by atoms with Crippen molar-refractivity contribution in [2.75, 3.05) is 5.32 Å². The Kier molecular flexibility index (Phi) is 4.71. The zero-order valence-corrected chi connectivity index (χ0v) is 12.6. The van der Waals surface area contributed by atoms with Crippen molar-refractivity contribution in [3.63, 3.8) is 0 Å². The molecule has 3 aromatic rings. The van der Waals surface area contributed by atoms with Gasteiger partial charge in [-0.1, -0.05) is 12.1 Å². The van der Waals surface area contributed by atoms with Crippen LogP contribution in [0, 0.1) is 5.82 Å². The van der Waals surface area contributed by atoms with Gasteiger partial charge in [0.05, 0.1) is 5.56 Å². The van der Waals surface area contributed by atoms with Crippen LogP contribution in [-0.4, -0.2) is 20.9 Å². The maximum absolute atomic E-state index is 13.1. The van der Waals surface area contributed by atoms with Crippen LogP contribution in [-0.2, 0) is 6.54 Å². The Hall–Kier alpha value is -3.35. The first-order valence-corrected chi connectivity index (χ1v) is 7.22. The number of nitrogens with zero attached hydrogens (tertiary/aromatic N) is 3. The third-order valence-corrected chi connectivity index (χ3v) is 3.17. The van der Waals surface area contributed by atoms with Crippen LogP contribution in [0.5, 0.6) is 0 Å². The summed E-state index contributed by atoms with van der Waals surface area (Å²) in [5, 5.41) is 5.63. The van der Waals surface area contributed by atoms with E-state index in [9.17, 15) is 9.18 Å². The minimum atomic E-state index is -0.355. The van der Waals surface area contributed by atoms with Gasteiger partial charge >= 0.3 is 0 Å². The monoisotopic (exact) mass is 323 g/mol. The smallest absolute Gasteiger partial charge is 0.254 e. The van der Waals surface area contributed by atoms with Crippen molar-refractivity contribution >= 4 is 17.5 Å². The Labute approximate surface area is 137 Å². The molecule has 0 unspecified atom stereocenters. The predicted molar refractivity (Wildman–Crippen MR) is 87.1 cm³/mol. The first-order chi connectivity index (χ1) is 11.7. The molecule has 2 N–H and O–H groups in total. The summed E-state index contributed by atoms with van der Waals surface area (Å²) in [5.41, 5.74) is 1.77. The van der Waals surface area contributed by atoms with Crippen molar-refractivity contribution in [2.24, 2.45) is 0 Å². The minimum Gasteiger partial charge on any atom is -0.348 e. The standard InChI is InChI=1S/C17H14FN5O/c18-14-4-1-5-15(7-14)23-17-21-10-13(11-22-17)16(24)20-9-12-3-2-6-19-8-12/h1-8,10-11H,9H2,(H,20,24)(H,21,22,23). The molecule has 0 atom stereocenters. The molecule has 0 aliphatic rings. The van der Waals surface area contributed by atoms with E-state index in [2.05, 4.69) is 25.6 Å². The number of hydrogen-bond acceptors (Lipinski definition) is 5. The molecular formula is C17H14FN5O. The van der Waals surface area contributed by atoms with Crippen LogP contribution in [0.3, 0.4) is 0 Å². The van der Waals surface area contributed by atoms with Crippen molar-refractivity contribution < 1.29 is 9.18 Å². The van der Waals surface area contributed by atoms with Crippen molar-refractivity contribution in [1.29, 1.82) is 0 Å². The Balaban J connectivity index is 1.60.